The lowest BCUT2D eigenvalue weighted by atomic mass is 10.2. The average molecular weight is 503 g/mol. The topological polar surface area (TPSA) is 132 Å². The standard InChI is InChI=1S/C21H16Cl2N6O3S/c1-9-5-12(32-2)15(23)17(14(9)22)29-21(31)11-7-33-18-16(11)26-8-27-20(18)28-13-4-3-10(6-25-13)19(24)30/h3-8H,1-2H3,(H2,24,30)(H,29,31)(H,25,26,27,28). The number of rotatable bonds is 6. The minimum Gasteiger partial charge on any atom is -0.495 e. The molecule has 0 atom stereocenters. The zero-order valence-electron chi connectivity index (χ0n) is 17.3. The Labute approximate surface area is 201 Å². The van der Waals surface area contributed by atoms with Crippen LogP contribution >= 0.6 is 34.5 Å². The van der Waals surface area contributed by atoms with Crippen LogP contribution in [0.25, 0.3) is 10.2 Å². The number of nitrogens with one attached hydrogen (secondary N) is 2. The summed E-state index contributed by atoms with van der Waals surface area (Å²) in [7, 11) is 1.48. The van der Waals surface area contributed by atoms with E-state index in [1.165, 1.54) is 31.0 Å². The molecule has 0 unspecified atom stereocenters. The van der Waals surface area contributed by atoms with E-state index in [0.29, 0.717) is 43.8 Å². The van der Waals surface area contributed by atoms with E-state index >= 15 is 0 Å². The smallest absolute Gasteiger partial charge is 0.258 e. The van der Waals surface area contributed by atoms with Crippen LogP contribution in [0.4, 0.5) is 17.3 Å². The highest BCUT2D eigenvalue weighted by Crippen LogP contribution is 2.41. The van der Waals surface area contributed by atoms with Gasteiger partial charge in [0.1, 0.15) is 22.9 Å². The Morgan fingerprint density at radius 1 is 1.15 bits per heavy atom. The summed E-state index contributed by atoms with van der Waals surface area (Å²) in [5, 5.41) is 8.00. The molecule has 0 aliphatic carbocycles. The fourth-order valence-electron chi connectivity index (χ4n) is 3.02. The summed E-state index contributed by atoms with van der Waals surface area (Å²) < 4.78 is 5.90. The lowest BCUT2D eigenvalue weighted by Crippen LogP contribution is -2.13. The Morgan fingerprint density at radius 2 is 1.94 bits per heavy atom. The third kappa shape index (κ3) is 4.40. The molecule has 0 aliphatic heterocycles. The van der Waals surface area contributed by atoms with E-state index < -0.39 is 11.8 Å². The van der Waals surface area contributed by atoms with Gasteiger partial charge < -0.3 is 21.1 Å². The first kappa shape index (κ1) is 22.7. The van der Waals surface area contributed by atoms with E-state index in [9.17, 15) is 9.59 Å². The van der Waals surface area contributed by atoms with E-state index in [0.717, 1.165) is 0 Å². The van der Waals surface area contributed by atoms with Crippen LogP contribution in [0.5, 0.6) is 5.75 Å². The molecule has 2 amide bonds. The van der Waals surface area contributed by atoms with Gasteiger partial charge in [-0.05, 0) is 30.7 Å². The second-order valence-corrected chi connectivity index (χ2v) is 8.46. The number of primary amides is 1. The number of methoxy groups -OCH3 is 1. The number of amides is 2. The predicted octanol–water partition coefficient (Wildman–Crippen LogP) is 4.80. The number of carbonyl (C=O) groups is 2. The van der Waals surface area contributed by atoms with Crippen LogP contribution in [0.1, 0.15) is 26.3 Å². The van der Waals surface area contributed by atoms with Gasteiger partial charge in [-0.2, -0.15) is 0 Å². The molecule has 12 heteroatoms. The van der Waals surface area contributed by atoms with Crippen molar-refractivity contribution >= 4 is 73.9 Å². The molecule has 4 aromatic rings. The number of thiophene rings is 1. The highest BCUT2D eigenvalue weighted by molar-refractivity contribution is 7.18. The number of anilines is 3. The second-order valence-electron chi connectivity index (χ2n) is 6.82. The van der Waals surface area contributed by atoms with Gasteiger partial charge in [0, 0.05) is 11.6 Å². The first-order chi connectivity index (χ1) is 15.8. The summed E-state index contributed by atoms with van der Waals surface area (Å²) in [6.45, 7) is 1.78. The van der Waals surface area contributed by atoms with Gasteiger partial charge in [-0.25, -0.2) is 15.0 Å². The van der Waals surface area contributed by atoms with Crippen molar-refractivity contribution in [3.05, 3.63) is 62.8 Å². The molecule has 168 valence electrons. The summed E-state index contributed by atoms with van der Waals surface area (Å²) in [5.41, 5.74) is 7.25. The van der Waals surface area contributed by atoms with E-state index in [4.69, 9.17) is 33.7 Å². The summed E-state index contributed by atoms with van der Waals surface area (Å²) >= 11 is 14.0. The van der Waals surface area contributed by atoms with Crippen molar-refractivity contribution in [3.63, 3.8) is 0 Å². The molecule has 33 heavy (non-hydrogen) atoms. The number of pyridine rings is 1. The number of ether oxygens (including phenoxy) is 1. The predicted molar refractivity (Wildman–Crippen MR) is 129 cm³/mol. The van der Waals surface area contributed by atoms with E-state index in [1.807, 2.05) is 0 Å². The number of hydrogen-bond acceptors (Lipinski definition) is 8. The third-order valence-electron chi connectivity index (χ3n) is 4.70. The van der Waals surface area contributed by atoms with E-state index in [-0.39, 0.29) is 16.3 Å². The summed E-state index contributed by atoms with van der Waals surface area (Å²) in [6.07, 6.45) is 2.70. The number of aromatic nitrogens is 3. The zero-order chi connectivity index (χ0) is 23.7. The van der Waals surface area contributed by atoms with Gasteiger partial charge in [0.2, 0.25) is 5.91 Å². The molecule has 0 saturated heterocycles. The molecule has 0 fully saturated rings. The van der Waals surface area contributed by atoms with Crippen molar-refractivity contribution in [3.8, 4) is 5.75 Å². The molecule has 0 aliphatic rings. The Kier molecular flexibility index (Phi) is 6.32. The van der Waals surface area contributed by atoms with Crippen LogP contribution in [0, 0.1) is 6.92 Å². The van der Waals surface area contributed by atoms with Crippen LogP contribution < -0.4 is 21.1 Å². The van der Waals surface area contributed by atoms with Gasteiger partial charge in [0.15, 0.2) is 5.82 Å². The molecule has 0 saturated carbocycles. The number of aryl methyl sites for hydroxylation is 1. The molecular formula is C21H16Cl2N6O3S. The number of nitrogens with two attached hydrogens (primary N) is 1. The van der Waals surface area contributed by atoms with Gasteiger partial charge in [0.05, 0.1) is 39.2 Å². The van der Waals surface area contributed by atoms with Crippen molar-refractivity contribution in [2.75, 3.05) is 17.7 Å². The van der Waals surface area contributed by atoms with Gasteiger partial charge in [-0.15, -0.1) is 11.3 Å². The molecule has 9 nitrogen and oxygen atoms in total. The van der Waals surface area contributed by atoms with Crippen molar-refractivity contribution in [1.82, 2.24) is 15.0 Å². The summed E-state index contributed by atoms with van der Waals surface area (Å²) in [4.78, 5) is 37.0. The highest BCUT2D eigenvalue weighted by atomic mass is 35.5. The number of hydrogen-bond donors (Lipinski definition) is 3. The van der Waals surface area contributed by atoms with Crippen LogP contribution in [0.15, 0.2) is 36.1 Å². The molecule has 4 rings (SSSR count). The number of fused-ring (bicyclic) bond motifs is 1. The first-order valence-corrected chi connectivity index (χ1v) is 11.0. The molecule has 0 bridgehead atoms. The molecule has 4 N–H and O–H groups in total. The first-order valence-electron chi connectivity index (χ1n) is 9.39. The quantitative estimate of drug-likeness (QED) is 0.344. The van der Waals surface area contributed by atoms with Crippen molar-refractivity contribution in [1.29, 1.82) is 0 Å². The van der Waals surface area contributed by atoms with Gasteiger partial charge in [-0.1, -0.05) is 23.2 Å². The van der Waals surface area contributed by atoms with Crippen LogP contribution in [-0.4, -0.2) is 33.9 Å². The third-order valence-corrected chi connectivity index (χ3v) is 6.54. The van der Waals surface area contributed by atoms with Crippen LogP contribution in [0.3, 0.4) is 0 Å². The van der Waals surface area contributed by atoms with Crippen molar-refractivity contribution in [2.45, 2.75) is 6.92 Å². The lowest BCUT2D eigenvalue weighted by molar-refractivity contribution is 0.0997. The van der Waals surface area contributed by atoms with Crippen LogP contribution in [0.2, 0.25) is 10.0 Å². The average Bonchev–Trinajstić information content (AvgIpc) is 3.25. The Balaban J connectivity index is 1.65. The largest absolute Gasteiger partial charge is 0.495 e. The molecule has 1 aromatic carbocycles. The minimum absolute atomic E-state index is 0.198. The van der Waals surface area contributed by atoms with Gasteiger partial charge in [-0.3, -0.25) is 9.59 Å². The van der Waals surface area contributed by atoms with Crippen LogP contribution in [-0.2, 0) is 0 Å². The monoisotopic (exact) mass is 502 g/mol. The second kappa shape index (κ2) is 9.18. The minimum atomic E-state index is -0.571. The summed E-state index contributed by atoms with van der Waals surface area (Å²) in [5.74, 6) is 0.291. The fraction of sp³-hybridized carbons (Fsp3) is 0.0952. The Morgan fingerprint density at radius 3 is 2.61 bits per heavy atom. The van der Waals surface area contributed by atoms with Gasteiger partial charge in [0.25, 0.3) is 5.91 Å². The van der Waals surface area contributed by atoms with E-state index in [2.05, 4.69) is 25.6 Å². The number of carbonyl (C=O) groups excluding carboxylic acids is 2. The van der Waals surface area contributed by atoms with Crippen molar-refractivity contribution < 1.29 is 14.3 Å². The lowest BCUT2D eigenvalue weighted by Gasteiger charge is -2.14. The van der Waals surface area contributed by atoms with Crippen molar-refractivity contribution in [2.24, 2.45) is 5.73 Å². The Hall–Kier alpha value is -3.47. The Bertz CT molecular complexity index is 1390. The maximum Gasteiger partial charge on any atom is 0.258 e. The SMILES string of the molecule is COc1cc(C)c(Cl)c(NC(=O)c2csc3c(Nc4ccc(C(N)=O)cn4)ncnc23)c1Cl. The normalized spacial score (nSPS) is 10.8. The summed E-state index contributed by atoms with van der Waals surface area (Å²) in [6, 6.07) is 4.84. The molecule has 3 heterocycles. The molecule has 0 spiro atoms. The van der Waals surface area contributed by atoms with Gasteiger partial charge >= 0.3 is 0 Å². The maximum atomic E-state index is 13.1. The fourth-order valence-corrected chi connectivity index (χ4v) is 4.48. The van der Waals surface area contributed by atoms with E-state index in [1.54, 1.807) is 30.5 Å². The number of nitrogens with zero attached hydrogens (tertiary/aromatic N) is 3. The maximum absolute atomic E-state index is 13.1. The highest BCUT2D eigenvalue weighted by Gasteiger charge is 2.21. The molecular weight excluding hydrogens is 487 g/mol. The molecule has 0 radical (unpaired) electrons. The number of benzene rings is 1. The number of halogens is 2. The molecule has 3 aromatic heterocycles. The zero-order valence-corrected chi connectivity index (χ0v) is 19.6.